The number of methoxy groups -OCH3 is 2. The summed E-state index contributed by atoms with van der Waals surface area (Å²) in [6, 6.07) is 11.2. The van der Waals surface area contributed by atoms with E-state index < -0.39 is 0 Å². The molecule has 2 aliphatic heterocycles. The minimum atomic E-state index is -0.162. The Morgan fingerprint density at radius 2 is 1.93 bits per heavy atom. The normalized spacial score (nSPS) is 17.9. The third-order valence-corrected chi connectivity index (χ3v) is 5.18. The summed E-state index contributed by atoms with van der Waals surface area (Å²) in [5.74, 6) is 2.54. The minimum Gasteiger partial charge on any atom is -0.497 e. The lowest BCUT2D eigenvalue weighted by atomic mass is 9.95. The van der Waals surface area contributed by atoms with Crippen LogP contribution in [-0.4, -0.2) is 38.5 Å². The summed E-state index contributed by atoms with van der Waals surface area (Å²) in [4.78, 5) is 15.0. The van der Waals surface area contributed by atoms with E-state index in [4.69, 9.17) is 18.9 Å². The fourth-order valence-electron chi connectivity index (χ4n) is 3.75. The third-order valence-electron chi connectivity index (χ3n) is 5.18. The monoisotopic (exact) mass is 384 g/mol. The largest absolute Gasteiger partial charge is 0.497 e. The van der Waals surface area contributed by atoms with E-state index in [0.717, 1.165) is 30.6 Å². The van der Waals surface area contributed by atoms with E-state index in [1.54, 1.807) is 26.4 Å². The second-order valence-electron chi connectivity index (χ2n) is 6.82. The molecule has 1 fully saturated rings. The predicted octanol–water partition coefficient (Wildman–Crippen LogP) is 4.19. The highest BCUT2D eigenvalue weighted by molar-refractivity contribution is 5.92. The SMILES string of the molecule is COc1cccc([C@@H]2CCCCN2C(=O)Nc2cc3c(cc2OC)OCO3)c1. The zero-order valence-electron chi connectivity index (χ0n) is 16.1. The summed E-state index contributed by atoms with van der Waals surface area (Å²) in [5.41, 5.74) is 1.64. The first kappa shape index (κ1) is 18.3. The van der Waals surface area contributed by atoms with Gasteiger partial charge in [-0.15, -0.1) is 0 Å². The van der Waals surface area contributed by atoms with Gasteiger partial charge in [-0.2, -0.15) is 0 Å². The van der Waals surface area contributed by atoms with Gasteiger partial charge in [0, 0.05) is 18.7 Å². The number of hydrogen-bond donors (Lipinski definition) is 1. The van der Waals surface area contributed by atoms with Gasteiger partial charge in [0.05, 0.1) is 25.9 Å². The second-order valence-corrected chi connectivity index (χ2v) is 6.82. The molecule has 0 radical (unpaired) electrons. The Morgan fingerprint density at radius 3 is 2.71 bits per heavy atom. The number of nitrogens with zero attached hydrogens (tertiary/aromatic N) is 1. The molecule has 7 heteroatoms. The summed E-state index contributed by atoms with van der Waals surface area (Å²) in [6.45, 7) is 0.862. The highest BCUT2D eigenvalue weighted by Crippen LogP contribution is 2.41. The third kappa shape index (κ3) is 3.52. The molecular weight excluding hydrogens is 360 g/mol. The zero-order valence-corrected chi connectivity index (χ0v) is 16.1. The van der Waals surface area contributed by atoms with Gasteiger partial charge < -0.3 is 29.2 Å². The number of carbonyl (C=O) groups is 1. The quantitative estimate of drug-likeness (QED) is 0.856. The average Bonchev–Trinajstić information content (AvgIpc) is 3.20. The highest BCUT2D eigenvalue weighted by atomic mass is 16.7. The molecule has 4 rings (SSSR count). The maximum Gasteiger partial charge on any atom is 0.322 e. The van der Waals surface area contributed by atoms with Crippen molar-refractivity contribution >= 4 is 11.7 Å². The Kier molecular flexibility index (Phi) is 5.14. The lowest BCUT2D eigenvalue weighted by Crippen LogP contribution is -2.41. The molecule has 0 bridgehead atoms. The number of piperidine rings is 1. The Balaban J connectivity index is 1.57. The topological polar surface area (TPSA) is 69.3 Å². The number of urea groups is 1. The van der Waals surface area contributed by atoms with Gasteiger partial charge in [0.25, 0.3) is 0 Å². The van der Waals surface area contributed by atoms with E-state index in [1.807, 2.05) is 29.2 Å². The van der Waals surface area contributed by atoms with E-state index >= 15 is 0 Å². The predicted molar refractivity (Wildman–Crippen MR) is 104 cm³/mol. The fourth-order valence-corrected chi connectivity index (χ4v) is 3.75. The van der Waals surface area contributed by atoms with Gasteiger partial charge in [-0.3, -0.25) is 0 Å². The molecule has 0 saturated carbocycles. The van der Waals surface area contributed by atoms with Crippen molar-refractivity contribution in [3.05, 3.63) is 42.0 Å². The van der Waals surface area contributed by atoms with Crippen LogP contribution in [0.1, 0.15) is 30.9 Å². The Hall–Kier alpha value is -3.09. The first-order valence-electron chi connectivity index (χ1n) is 9.39. The molecule has 2 amide bonds. The molecule has 2 heterocycles. The molecule has 0 unspecified atom stereocenters. The number of anilines is 1. The molecule has 148 valence electrons. The van der Waals surface area contributed by atoms with Crippen LogP contribution >= 0.6 is 0 Å². The first-order chi connectivity index (χ1) is 13.7. The van der Waals surface area contributed by atoms with Gasteiger partial charge >= 0.3 is 6.03 Å². The Morgan fingerprint density at radius 1 is 1.11 bits per heavy atom. The zero-order chi connectivity index (χ0) is 19.5. The van der Waals surface area contributed by atoms with Crippen LogP contribution in [0.2, 0.25) is 0 Å². The number of nitrogens with one attached hydrogen (secondary N) is 1. The van der Waals surface area contributed by atoms with Crippen LogP contribution in [-0.2, 0) is 0 Å². The van der Waals surface area contributed by atoms with Gasteiger partial charge in [0.1, 0.15) is 11.5 Å². The van der Waals surface area contributed by atoms with Crippen LogP contribution in [0.4, 0.5) is 10.5 Å². The van der Waals surface area contributed by atoms with Gasteiger partial charge in [0.2, 0.25) is 6.79 Å². The molecule has 1 saturated heterocycles. The Labute approximate surface area is 164 Å². The molecule has 1 atom stereocenters. The maximum absolute atomic E-state index is 13.1. The molecule has 0 spiro atoms. The number of fused-ring (bicyclic) bond motifs is 1. The summed E-state index contributed by atoms with van der Waals surface area (Å²) in [7, 11) is 3.21. The van der Waals surface area contributed by atoms with Crippen LogP contribution in [0.5, 0.6) is 23.0 Å². The van der Waals surface area contributed by atoms with E-state index in [1.165, 1.54) is 0 Å². The fraction of sp³-hybridized carbons (Fsp3) is 0.381. The molecule has 0 aliphatic carbocycles. The van der Waals surface area contributed by atoms with Gasteiger partial charge in [0.15, 0.2) is 11.5 Å². The lowest BCUT2D eigenvalue weighted by Gasteiger charge is -2.36. The standard InChI is InChI=1S/C21H24N2O5/c1-25-15-7-5-6-14(10-15)17-8-3-4-9-23(17)21(24)22-16-11-19-20(28-13-27-19)12-18(16)26-2/h5-7,10-12,17H,3-4,8-9,13H2,1-2H3,(H,22,24)/t17-/m0/s1. The first-order valence-corrected chi connectivity index (χ1v) is 9.39. The number of amides is 2. The second kappa shape index (κ2) is 7.88. The van der Waals surface area contributed by atoms with Crippen molar-refractivity contribution in [1.82, 2.24) is 4.90 Å². The summed E-state index contributed by atoms with van der Waals surface area (Å²) >= 11 is 0. The van der Waals surface area contributed by atoms with Crippen LogP contribution in [0.15, 0.2) is 36.4 Å². The molecule has 28 heavy (non-hydrogen) atoms. The molecule has 2 aliphatic rings. The van der Waals surface area contributed by atoms with E-state index in [2.05, 4.69) is 5.32 Å². The number of carbonyl (C=O) groups excluding carboxylic acids is 1. The number of likely N-dealkylation sites (tertiary alicyclic amines) is 1. The van der Waals surface area contributed by atoms with Crippen molar-refractivity contribution in [1.29, 1.82) is 0 Å². The lowest BCUT2D eigenvalue weighted by molar-refractivity contribution is 0.163. The number of ether oxygens (including phenoxy) is 4. The van der Waals surface area contributed by atoms with Gasteiger partial charge in [-0.05, 0) is 37.0 Å². The van der Waals surface area contributed by atoms with Crippen molar-refractivity contribution in [2.24, 2.45) is 0 Å². The molecule has 1 N–H and O–H groups in total. The smallest absolute Gasteiger partial charge is 0.322 e. The molecular formula is C21H24N2O5. The van der Waals surface area contributed by atoms with Crippen LogP contribution in [0, 0.1) is 0 Å². The van der Waals surface area contributed by atoms with E-state index in [0.29, 0.717) is 29.5 Å². The summed E-state index contributed by atoms with van der Waals surface area (Å²) in [6.07, 6.45) is 2.98. The van der Waals surface area contributed by atoms with Crippen molar-refractivity contribution in [3.63, 3.8) is 0 Å². The minimum absolute atomic E-state index is 0.00357. The van der Waals surface area contributed by atoms with Gasteiger partial charge in [-0.25, -0.2) is 4.79 Å². The molecule has 2 aromatic carbocycles. The number of benzene rings is 2. The van der Waals surface area contributed by atoms with Crippen LogP contribution in [0.3, 0.4) is 0 Å². The Bertz CT molecular complexity index is 870. The van der Waals surface area contributed by atoms with Crippen molar-refractivity contribution in [2.45, 2.75) is 25.3 Å². The van der Waals surface area contributed by atoms with E-state index in [-0.39, 0.29) is 18.9 Å². The van der Waals surface area contributed by atoms with E-state index in [9.17, 15) is 4.79 Å². The van der Waals surface area contributed by atoms with Crippen LogP contribution < -0.4 is 24.3 Å². The van der Waals surface area contributed by atoms with Gasteiger partial charge in [-0.1, -0.05) is 12.1 Å². The molecule has 0 aromatic heterocycles. The molecule has 7 nitrogen and oxygen atoms in total. The highest BCUT2D eigenvalue weighted by Gasteiger charge is 2.29. The summed E-state index contributed by atoms with van der Waals surface area (Å²) < 4.78 is 21.6. The molecule has 2 aromatic rings. The average molecular weight is 384 g/mol. The summed E-state index contributed by atoms with van der Waals surface area (Å²) in [5, 5.41) is 2.98. The van der Waals surface area contributed by atoms with Crippen molar-refractivity contribution in [3.8, 4) is 23.0 Å². The van der Waals surface area contributed by atoms with Crippen molar-refractivity contribution < 1.29 is 23.7 Å². The number of rotatable bonds is 4. The van der Waals surface area contributed by atoms with Crippen molar-refractivity contribution in [2.75, 3.05) is 32.9 Å². The van der Waals surface area contributed by atoms with Crippen LogP contribution in [0.25, 0.3) is 0 Å². The number of hydrogen-bond acceptors (Lipinski definition) is 5. The maximum atomic E-state index is 13.1.